The maximum atomic E-state index is 12.9. The minimum absolute atomic E-state index is 0.00748. The monoisotopic (exact) mass is 520 g/mol. The van der Waals surface area contributed by atoms with Crippen molar-refractivity contribution in [3.05, 3.63) is 0 Å². The fourth-order valence-corrected chi connectivity index (χ4v) is 4.65. The van der Waals surface area contributed by atoms with E-state index >= 15 is 0 Å². The molecular weight excluding hydrogens is 476 g/mol. The van der Waals surface area contributed by atoms with Crippen LogP contribution in [0.5, 0.6) is 0 Å². The highest BCUT2D eigenvalue weighted by Gasteiger charge is 2.33. The van der Waals surface area contributed by atoms with Gasteiger partial charge in [0.1, 0.15) is 0 Å². The largest absolute Gasteiger partial charge is 0.350 e. The van der Waals surface area contributed by atoms with Crippen LogP contribution in [0.2, 0.25) is 0 Å². The number of nitrogens with zero attached hydrogens (tertiary/aromatic N) is 1. The lowest BCUT2D eigenvalue weighted by atomic mass is 9.84. The zero-order valence-electron chi connectivity index (χ0n) is 22.3. The second-order valence-electron chi connectivity index (χ2n) is 10.1. The highest BCUT2D eigenvalue weighted by Crippen LogP contribution is 2.25. The molecule has 0 fully saturated rings. The van der Waals surface area contributed by atoms with Crippen LogP contribution in [0.3, 0.4) is 0 Å². The van der Waals surface area contributed by atoms with Crippen molar-refractivity contribution in [2.24, 2.45) is 23.7 Å². The van der Waals surface area contributed by atoms with Crippen LogP contribution in [0.25, 0.3) is 0 Å². The predicted octanol–water partition coefficient (Wildman–Crippen LogP) is 1.15. The molecule has 0 bridgehead atoms. The molecule has 0 saturated carbocycles. The Labute approximate surface area is 209 Å². The van der Waals surface area contributed by atoms with Crippen LogP contribution in [-0.2, 0) is 29.3 Å². The lowest BCUT2D eigenvalue weighted by Gasteiger charge is -2.29. The first-order valence-electron chi connectivity index (χ1n) is 12.0. The molecule has 0 aromatic heterocycles. The first-order chi connectivity index (χ1) is 15.9. The quantitative estimate of drug-likeness (QED) is 0.186. The van der Waals surface area contributed by atoms with E-state index in [0.717, 1.165) is 0 Å². The van der Waals surface area contributed by atoms with Gasteiger partial charge in [0.2, 0.25) is 23.6 Å². The van der Waals surface area contributed by atoms with Crippen LogP contribution in [-0.4, -0.2) is 73.6 Å². The average Bonchev–Trinajstić information content (AvgIpc) is 2.72. The molecule has 0 aromatic rings. The molecule has 4 atom stereocenters. The molecule has 0 spiro atoms. The average molecular weight is 521 g/mol. The molecule has 0 rings (SSSR count). The zero-order chi connectivity index (χ0) is 27.6. The standard InChI is InChI=1S/C23H44N4O7S/c1-9-15(3)19(28)24-14-25-21(30)17(10-2)12-18(22(31)27(7)8)11-16(4)20(29)26-23(5,6)13-35(32,33)34/h15-18H,9-14H2,1-8H3,(H,24,28)(H,25,30)(H,26,29)(H,32,33,34). The number of nitrogens with one attached hydrogen (secondary N) is 3. The third-order valence-corrected chi connectivity index (χ3v) is 6.98. The summed E-state index contributed by atoms with van der Waals surface area (Å²) in [7, 11) is -1.10. The third-order valence-electron chi connectivity index (χ3n) is 5.90. The summed E-state index contributed by atoms with van der Waals surface area (Å²) in [6.45, 7) is 10.1. The van der Waals surface area contributed by atoms with E-state index in [4.69, 9.17) is 4.55 Å². The van der Waals surface area contributed by atoms with Gasteiger partial charge in [-0.15, -0.1) is 0 Å². The van der Waals surface area contributed by atoms with Crippen molar-refractivity contribution >= 4 is 33.7 Å². The Morgan fingerprint density at radius 2 is 1.40 bits per heavy atom. The zero-order valence-corrected chi connectivity index (χ0v) is 23.1. The molecule has 4 unspecified atom stereocenters. The van der Waals surface area contributed by atoms with Crippen LogP contribution in [0, 0.1) is 23.7 Å². The molecule has 0 saturated heterocycles. The minimum atomic E-state index is -4.30. The molecule has 0 aliphatic rings. The van der Waals surface area contributed by atoms with Crippen LogP contribution in [0.15, 0.2) is 0 Å². The lowest BCUT2D eigenvalue weighted by Crippen LogP contribution is -2.50. The van der Waals surface area contributed by atoms with Gasteiger partial charge in [-0.3, -0.25) is 23.7 Å². The van der Waals surface area contributed by atoms with E-state index in [0.29, 0.717) is 12.8 Å². The van der Waals surface area contributed by atoms with Gasteiger partial charge in [-0.2, -0.15) is 8.42 Å². The molecule has 11 nitrogen and oxygen atoms in total. The lowest BCUT2D eigenvalue weighted by molar-refractivity contribution is -0.135. The summed E-state index contributed by atoms with van der Waals surface area (Å²) in [4.78, 5) is 51.6. The Morgan fingerprint density at radius 1 is 0.857 bits per heavy atom. The summed E-state index contributed by atoms with van der Waals surface area (Å²) in [5, 5.41) is 7.96. The number of carbonyl (C=O) groups is 4. The summed E-state index contributed by atoms with van der Waals surface area (Å²) in [6, 6.07) is 0. The van der Waals surface area contributed by atoms with Gasteiger partial charge in [0.15, 0.2) is 0 Å². The predicted molar refractivity (Wildman–Crippen MR) is 134 cm³/mol. The molecule has 4 amide bonds. The van der Waals surface area contributed by atoms with Crippen molar-refractivity contribution < 1.29 is 32.1 Å². The van der Waals surface area contributed by atoms with Gasteiger partial charge in [-0.05, 0) is 39.5 Å². The fraction of sp³-hybridized carbons (Fsp3) is 0.826. The Balaban J connectivity index is 5.27. The number of amides is 4. The molecule has 0 heterocycles. The maximum absolute atomic E-state index is 12.9. The SMILES string of the molecule is CCC(C)C(=O)NCNC(=O)C(CC)CC(CC(C)C(=O)NC(C)(C)CS(=O)(=O)O)C(=O)N(C)C. The van der Waals surface area contributed by atoms with Gasteiger partial charge < -0.3 is 20.9 Å². The van der Waals surface area contributed by atoms with Gasteiger partial charge >= 0.3 is 0 Å². The second-order valence-corrected chi connectivity index (χ2v) is 11.5. The van der Waals surface area contributed by atoms with Crippen molar-refractivity contribution in [1.82, 2.24) is 20.9 Å². The summed E-state index contributed by atoms with van der Waals surface area (Å²) >= 11 is 0. The normalized spacial score (nSPS) is 15.3. The smallest absolute Gasteiger partial charge is 0.267 e. The van der Waals surface area contributed by atoms with Gasteiger partial charge in [0.05, 0.1) is 18.0 Å². The van der Waals surface area contributed by atoms with E-state index < -0.39 is 45.1 Å². The molecule has 204 valence electrons. The summed E-state index contributed by atoms with van der Waals surface area (Å²) < 4.78 is 31.5. The van der Waals surface area contributed by atoms with Crippen molar-refractivity contribution in [3.63, 3.8) is 0 Å². The van der Waals surface area contributed by atoms with E-state index in [1.807, 2.05) is 13.8 Å². The Morgan fingerprint density at radius 3 is 1.86 bits per heavy atom. The Hall–Kier alpha value is -2.21. The molecule has 0 aromatic carbocycles. The highest BCUT2D eigenvalue weighted by molar-refractivity contribution is 7.85. The van der Waals surface area contributed by atoms with Crippen molar-refractivity contribution in [3.8, 4) is 0 Å². The Bertz CT molecular complexity index is 843. The minimum Gasteiger partial charge on any atom is -0.350 e. The van der Waals surface area contributed by atoms with Crippen LogP contribution in [0.4, 0.5) is 0 Å². The van der Waals surface area contributed by atoms with Gasteiger partial charge in [-0.1, -0.05) is 27.7 Å². The molecular formula is C23H44N4O7S. The van der Waals surface area contributed by atoms with Crippen LogP contribution >= 0.6 is 0 Å². The fourth-order valence-electron chi connectivity index (χ4n) is 3.67. The van der Waals surface area contributed by atoms with Crippen molar-refractivity contribution in [1.29, 1.82) is 0 Å². The number of hydrogen-bond acceptors (Lipinski definition) is 6. The first kappa shape index (κ1) is 32.8. The molecule has 0 radical (unpaired) electrons. The van der Waals surface area contributed by atoms with E-state index in [2.05, 4.69) is 16.0 Å². The van der Waals surface area contributed by atoms with Crippen LogP contribution < -0.4 is 16.0 Å². The third kappa shape index (κ3) is 12.9. The van der Waals surface area contributed by atoms with Gasteiger partial charge in [0, 0.05) is 37.8 Å². The molecule has 12 heteroatoms. The number of rotatable bonds is 15. The molecule has 4 N–H and O–H groups in total. The summed E-state index contributed by atoms with van der Waals surface area (Å²) in [6.07, 6.45) is 1.51. The van der Waals surface area contributed by atoms with E-state index in [1.165, 1.54) is 18.7 Å². The maximum Gasteiger partial charge on any atom is 0.267 e. The number of hydrogen-bond donors (Lipinski definition) is 4. The second kappa shape index (κ2) is 14.4. The Kier molecular flexibility index (Phi) is 13.5. The topological polar surface area (TPSA) is 162 Å². The van der Waals surface area contributed by atoms with Crippen LogP contribution in [0.1, 0.15) is 67.2 Å². The summed E-state index contributed by atoms with van der Waals surface area (Å²) in [5.41, 5.74) is -1.20. The van der Waals surface area contributed by atoms with E-state index in [-0.39, 0.29) is 43.1 Å². The first-order valence-corrected chi connectivity index (χ1v) is 13.6. The highest BCUT2D eigenvalue weighted by atomic mass is 32.2. The summed E-state index contributed by atoms with van der Waals surface area (Å²) in [5.74, 6) is -3.72. The van der Waals surface area contributed by atoms with Crippen molar-refractivity contribution in [2.75, 3.05) is 26.5 Å². The van der Waals surface area contributed by atoms with Gasteiger partial charge in [-0.25, -0.2) is 0 Å². The number of carbonyl (C=O) groups excluding carboxylic acids is 4. The molecule has 0 aliphatic heterocycles. The molecule has 0 aliphatic carbocycles. The van der Waals surface area contributed by atoms with Crippen molar-refractivity contribution in [2.45, 2.75) is 72.8 Å². The molecule has 35 heavy (non-hydrogen) atoms. The van der Waals surface area contributed by atoms with E-state index in [9.17, 15) is 27.6 Å². The van der Waals surface area contributed by atoms with E-state index in [1.54, 1.807) is 27.9 Å². The van der Waals surface area contributed by atoms with Gasteiger partial charge in [0.25, 0.3) is 10.1 Å².